The summed E-state index contributed by atoms with van der Waals surface area (Å²) in [7, 11) is 1.62. The predicted octanol–water partition coefficient (Wildman–Crippen LogP) is 1.84. The molecule has 0 heterocycles. The van der Waals surface area contributed by atoms with Crippen LogP contribution in [0.15, 0.2) is 6.07 Å². The Balaban J connectivity index is 2.43. The number of hydrogen-bond donors (Lipinski definition) is 2. The molecule has 19 heavy (non-hydrogen) atoms. The first kappa shape index (κ1) is 13.9. The van der Waals surface area contributed by atoms with Gasteiger partial charge in [-0.1, -0.05) is 0 Å². The lowest BCUT2D eigenvalue weighted by Crippen LogP contribution is -2.32. The van der Waals surface area contributed by atoms with Crippen molar-refractivity contribution in [3.05, 3.63) is 28.3 Å². The maximum absolute atomic E-state index is 10.9. The number of nitrogens with two attached hydrogens (primary N) is 1. The van der Waals surface area contributed by atoms with E-state index in [4.69, 9.17) is 15.6 Å². The molecular weight excluding hydrogens is 242 g/mol. The Labute approximate surface area is 113 Å². The second kappa shape index (κ2) is 5.61. The molecule has 1 atom stereocenters. The number of aliphatic carboxylic acids is 1. The van der Waals surface area contributed by atoms with Gasteiger partial charge in [-0.25, -0.2) is 0 Å². The van der Waals surface area contributed by atoms with Gasteiger partial charge in [0.15, 0.2) is 0 Å². The lowest BCUT2D eigenvalue weighted by atomic mass is 9.84. The van der Waals surface area contributed by atoms with Gasteiger partial charge < -0.3 is 15.6 Å². The Morgan fingerprint density at radius 3 is 2.79 bits per heavy atom. The fourth-order valence-electron chi connectivity index (χ4n) is 2.87. The molecule has 104 valence electrons. The van der Waals surface area contributed by atoms with Crippen molar-refractivity contribution in [3.63, 3.8) is 0 Å². The molecule has 4 nitrogen and oxygen atoms in total. The van der Waals surface area contributed by atoms with E-state index in [0.717, 1.165) is 29.7 Å². The van der Waals surface area contributed by atoms with Gasteiger partial charge in [0.1, 0.15) is 11.8 Å². The number of aryl methyl sites for hydroxylation is 1. The molecule has 3 N–H and O–H groups in total. The van der Waals surface area contributed by atoms with Gasteiger partial charge in [0.2, 0.25) is 0 Å². The summed E-state index contributed by atoms with van der Waals surface area (Å²) in [6.07, 6.45) is 4.88. The molecule has 0 aliphatic heterocycles. The van der Waals surface area contributed by atoms with Gasteiger partial charge in [-0.15, -0.1) is 0 Å². The maximum atomic E-state index is 10.9. The van der Waals surface area contributed by atoms with Crippen LogP contribution < -0.4 is 10.5 Å². The summed E-state index contributed by atoms with van der Waals surface area (Å²) in [6.45, 7) is 2.05. The van der Waals surface area contributed by atoms with Crippen LogP contribution in [0.4, 0.5) is 0 Å². The number of hydrogen-bond acceptors (Lipinski definition) is 3. The van der Waals surface area contributed by atoms with Crippen molar-refractivity contribution in [3.8, 4) is 5.75 Å². The van der Waals surface area contributed by atoms with Crippen molar-refractivity contribution in [1.29, 1.82) is 0 Å². The van der Waals surface area contributed by atoms with E-state index in [1.165, 1.54) is 24.0 Å². The minimum absolute atomic E-state index is 0.317. The fraction of sp³-hybridized carbons (Fsp3) is 0.533. The number of rotatable bonds is 4. The first-order chi connectivity index (χ1) is 9.04. The molecule has 4 heteroatoms. The van der Waals surface area contributed by atoms with E-state index in [1.807, 2.05) is 0 Å². The number of ether oxygens (including phenoxy) is 1. The van der Waals surface area contributed by atoms with E-state index in [0.29, 0.717) is 6.42 Å². The van der Waals surface area contributed by atoms with E-state index in [2.05, 4.69) is 13.0 Å². The van der Waals surface area contributed by atoms with Crippen LogP contribution in [0.3, 0.4) is 0 Å². The van der Waals surface area contributed by atoms with Gasteiger partial charge in [-0.2, -0.15) is 0 Å². The van der Waals surface area contributed by atoms with Crippen LogP contribution in [0.5, 0.6) is 5.75 Å². The van der Waals surface area contributed by atoms with Crippen LogP contribution in [-0.2, 0) is 24.1 Å². The van der Waals surface area contributed by atoms with Crippen molar-refractivity contribution in [1.82, 2.24) is 0 Å². The number of carboxylic acids is 1. The molecule has 1 aliphatic rings. The number of fused-ring (bicyclic) bond motifs is 1. The zero-order chi connectivity index (χ0) is 14.0. The molecule has 0 saturated carbocycles. The van der Waals surface area contributed by atoms with E-state index in [9.17, 15) is 4.79 Å². The summed E-state index contributed by atoms with van der Waals surface area (Å²) in [6, 6.07) is 1.18. The highest BCUT2D eigenvalue weighted by Crippen LogP contribution is 2.33. The highest BCUT2D eigenvalue weighted by atomic mass is 16.5. The largest absolute Gasteiger partial charge is 0.496 e. The Hall–Kier alpha value is -1.55. The van der Waals surface area contributed by atoms with E-state index >= 15 is 0 Å². The number of methoxy groups -OCH3 is 1. The van der Waals surface area contributed by atoms with Crippen molar-refractivity contribution >= 4 is 5.97 Å². The van der Waals surface area contributed by atoms with Crippen LogP contribution in [0.2, 0.25) is 0 Å². The van der Waals surface area contributed by atoms with Crippen molar-refractivity contribution < 1.29 is 14.6 Å². The Morgan fingerprint density at radius 1 is 1.47 bits per heavy atom. The lowest BCUT2D eigenvalue weighted by Gasteiger charge is -2.23. The molecule has 0 bridgehead atoms. The summed E-state index contributed by atoms with van der Waals surface area (Å²) in [5.41, 5.74) is 10.5. The zero-order valence-corrected chi connectivity index (χ0v) is 11.5. The van der Waals surface area contributed by atoms with Crippen LogP contribution in [0, 0.1) is 6.92 Å². The van der Waals surface area contributed by atoms with Crippen LogP contribution in [0.25, 0.3) is 0 Å². The molecular formula is C15H21NO3. The molecule has 1 unspecified atom stereocenters. The average molecular weight is 263 g/mol. The van der Waals surface area contributed by atoms with Gasteiger partial charge in [0.05, 0.1) is 7.11 Å². The average Bonchev–Trinajstić information content (AvgIpc) is 2.41. The maximum Gasteiger partial charge on any atom is 0.320 e. The summed E-state index contributed by atoms with van der Waals surface area (Å²) >= 11 is 0. The normalized spacial score (nSPS) is 15.7. The lowest BCUT2D eigenvalue weighted by molar-refractivity contribution is -0.138. The quantitative estimate of drug-likeness (QED) is 0.869. The number of carbonyl (C=O) groups is 1. The zero-order valence-electron chi connectivity index (χ0n) is 11.5. The van der Waals surface area contributed by atoms with E-state index in [1.54, 1.807) is 7.11 Å². The first-order valence-electron chi connectivity index (χ1n) is 6.71. The minimum Gasteiger partial charge on any atom is -0.496 e. The summed E-state index contributed by atoms with van der Waals surface area (Å²) < 4.78 is 5.42. The van der Waals surface area contributed by atoms with E-state index in [-0.39, 0.29) is 0 Å². The summed E-state index contributed by atoms with van der Waals surface area (Å²) in [5, 5.41) is 8.97. The van der Waals surface area contributed by atoms with Crippen LogP contribution in [-0.4, -0.2) is 24.2 Å². The fourth-order valence-corrected chi connectivity index (χ4v) is 2.87. The van der Waals surface area contributed by atoms with Gasteiger partial charge in [0.25, 0.3) is 0 Å². The Bertz CT molecular complexity index is 497. The van der Waals surface area contributed by atoms with Crippen LogP contribution >= 0.6 is 0 Å². The first-order valence-corrected chi connectivity index (χ1v) is 6.71. The van der Waals surface area contributed by atoms with Crippen molar-refractivity contribution in [2.45, 2.75) is 45.1 Å². The molecule has 0 spiro atoms. The van der Waals surface area contributed by atoms with Gasteiger partial charge in [-0.05, 0) is 60.9 Å². The van der Waals surface area contributed by atoms with E-state index < -0.39 is 12.0 Å². The molecule has 1 aromatic rings. The van der Waals surface area contributed by atoms with Gasteiger partial charge >= 0.3 is 5.97 Å². The molecule has 2 rings (SSSR count). The summed E-state index contributed by atoms with van der Waals surface area (Å²) in [4.78, 5) is 10.9. The SMILES string of the molecule is COc1cc2c(c(C)c1CC(N)C(=O)O)CCCC2. The third kappa shape index (κ3) is 2.73. The number of carboxylic acid groups (broad SMARTS) is 1. The Kier molecular flexibility index (Phi) is 4.10. The second-order valence-electron chi connectivity index (χ2n) is 5.18. The second-order valence-corrected chi connectivity index (χ2v) is 5.18. The van der Waals surface area contributed by atoms with Crippen molar-refractivity contribution in [2.24, 2.45) is 5.73 Å². The van der Waals surface area contributed by atoms with Crippen molar-refractivity contribution in [2.75, 3.05) is 7.11 Å². The molecule has 0 saturated heterocycles. The van der Waals surface area contributed by atoms with Gasteiger partial charge in [0, 0.05) is 6.42 Å². The smallest absolute Gasteiger partial charge is 0.320 e. The monoisotopic (exact) mass is 263 g/mol. The molecule has 0 radical (unpaired) electrons. The molecule has 0 aromatic heterocycles. The minimum atomic E-state index is -0.973. The number of benzene rings is 1. The van der Waals surface area contributed by atoms with Gasteiger partial charge in [-0.3, -0.25) is 4.79 Å². The molecule has 1 aromatic carbocycles. The molecule has 1 aliphatic carbocycles. The highest BCUT2D eigenvalue weighted by Gasteiger charge is 2.21. The summed E-state index contributed by atoms with van der Waals surface area (Å²) in [5.74, 6) is -0.200. The molecule has 0 fully saturated rings. The molecule has 0 amide bonds. The predicted molar refractivity (Wildman–Crippen MR) is 73.7 cm³/mol. The van der Waals surface area contributed by atoms with Crippen LogP contribution in [0.1, 0.15) is 35.1 Å². The Morgan fingerprint density at radius 2 is 2.16 bits per heavy atom. The third-order valence-electron chi connectivity index (χ3n) is 3.98. The standard InChI is InChI=1S/C15H21NO3/c1-9-11-6-4-3-5-10(11)7-14(19-2)12(9)8-13(16)15(17)18/h7,13H,3-6,8,16H2,1-2H3,(H,17,18). The highest BCUT2D eigenvalue weighted by molar-refractivity contribution is 5.74. The topological polar surface area (TPSA) is 72.5 Å². The third-order valence-corrected chi connectivity index (χ3v) is 3.98.